The first kappa shape index (κ1) is 11.8. The molecule has 1 aromatic rings. The number of rotatable bonds is 6. The van der Waals surface area contributed by atoms with Gasteiger partial charge in [0.25, 0.3) is 0 Å². The Morgan fingerprint density at radius 1 is 1.57 bits per heavy atom. The molecule has 1 aromatic heterocycles. The van der Waals surface area contributed by atoms with Gasteiger partial charge in [0, 0.05) is 18.1 Å². The first-order valence-corrected chi connectivity index (χ1v) is 5.69. The Bertz CT molecular complexity index is 266. The predicted octanol–water partition coefficient (Wildman–Crippen LogP) is 1.23. The van der Waals surface area contributed by atoms with Gasteiger partial charge in [-0.2, -0.15) is 0 Å². The molecule has 0 amide bonds. The Hall–Kier alpha value is -0.230. The maximum atomic E-state index is 5.90. The molecule has 4 nitrogen and oxygen atoms in total. The van der Waals surface area contributed by atoms with Crippen molar-refractivity contribution in [3.63, 3.8) is 0 Å². The molecule has 0 fully saturated rings. The molecule has 0 bridgehead atoms. The highest BCUT2D eigenvalue weighted by atomic mass is 35.5. The molecular weight excluding hydrogens is 220 g/mol. The normalized spacial score (nSPS) is 11.1. The highest BCUT2D eigenvalue weighted by Gasteiger charge is 2.07. The molecule has 0 saturated carbocycles. The second-order valence-electron chi connectivity index (χ2n) is 3.19. The van der Waals surface area contributed by atoms with Gasteiger partial charge in [-0.15, -0.1) is 5.10 Å². The number of halogens is 1. The monoisotopic (exact) mass is 234 g/mol. The van der Waals surface area contributed by atoms with Crippen LogP contribution in [0.3, 0.4) is 0 Å². The summed E-state index contributed by atoms with van der Waals surface area (Å²) in [5.74, 6) is 0. The fourth-order valence-corrected chi connectivity index (χ4v) is 1.76. The second-order valence-corrected chi connectivity index (χ2v) is 4.54. The van der Waals surface area contributed by atoms with Crippen LogP contribution >= 0.6 is 23.1 Å². The summed E-state index contributed by atoms with van der Waals surface area (Å²) in [6, 6.07) is 0. The lowest BCUT2D eigenvalue weighted by Gasteiger charge is -2.14. The van der Waals surface area contributed by atoms with Gasteiger partial charge in [-0.05, 0) is 33.6 Å². The Morgan fingerprint density at radius 2 is 2.36 bits per heavy atom. The summed E-state index contributed by atoms with van der Waals surface area (Å²) in [7, 11) is 4.02. The van der Waals surface area contributed by atoms with E-state index in [1.165, 1.54) is 11.5 Å². The van der Waals surface area contributed by atoms with Crippen LogP contribution in [-0.2, 0) is 6.54 Å². The fraction of sp³-hybridized carbons (Fsp3) is 0.750. The summed E-state index contributed by atoms with van der Waals surface area (Å²) in [5, 5.41) is 7.08. The minimum Gasteiger partial charge on any atom is -0.320 e. The summed E-state index contributed by atoms with van der Waals surface area (Å²) in [6.45, 7) is 2.85. The number of hydrogen-bond donors (Lipinski definition) is 1. The van der Waals surface area contributed by atoms with E-state index in [0.717, 1.165) is 31.7 Å². The Kier molecular flexibility index (Phi) is 5.32. The van der Waals surface area contributed by atoms with Gasteiger partial charge in [0.2, 0.25) is 0 Å². The minimum atomic E-state index is 0.700. The van der Waals surface area contributed by atoms with E-state index in [9.17, 15) is 0 Å². The van der Waals surface area contributed by atoms with Crippen molar-refractivity contribution in [2.75, 3.05) is 27.2 Å². The second kappa shape index (κ2) is 6.29. The lowest BCUT2D eigenvalue weighted by atomic mass is 10.3. The third-order valence-corrected chi connectivity index (χ3v) is 2.88. The summed E-state index contributed by atoms with van der Waals surface area (Å²) < 4.78 is 4.49. The van der Waals surface area contributed by atoms with E-state index in [1.54, 1.807) is 0 Å². The first-order valence-electron chi connectivity index (χ1n) is 4.54. The van der Waals surface area contributed by atoms with Gasteiger partial charge in [-0.3, -0.25) is 0 Å². The predicted molar refractivity (Wildman–Crippen MR) is 59.8 cm³/mol. The molecule has 1 N–H and O–H groups in total. The maximum absolute atomic E-state index is 5.90. The summed E-state index contributed by atoms with van der Waals surface area (Å²) in [6.07, 6.45) is 1.13. The molecule has 80 valence electrons. The topological polar surface area (TPSA) is 41.0 Å². The molecule has 0 aliphatic carbocycles. The molecule has 6 heteroatoms. The standard InChI is InChI=1S/C8H15ClN4S/c1-10-4-3-5-13(2)6-7-8(9)14-12-11-7/h10H,3-6H2,1-2H3. The number of nitrogens with one attached hydrogen (secondary N) is 1. The van der Waals surface area contributed by atoms with Crippen molar-refractivity contribution in [1.29, 1.82) is 0 Å². The third-order valence-electron chi connectivity index (χ3n) is 1.90. The van der Waals surface area contributed by atoms with Crippen molar-refractivity contribution in [2.45, 2.75) is 13.0 Å². The lowest BCUT2D eigenvalue weighted by molar-refractivity contribution is 0.317. The van der Waals surface area contributed by atoms with Crippen molar-refractivity contribution in [3.8, 4) is 0 Å². The van der Waals surface area contributed by atoms with E-state index in [0.29, 0.717) is 4.34 Å². The quantitative estimate of drug-likeness (QED) is 0.752. The smallest absolute Gasteiger partial charge is 0.138 e. The van der Waals surface area contributed by atoms with Crippen LogP contribution in [0.25, 0.3) is 0 Å². The van der Waals surface area contributed by atoms with Crippen LogP contribution in [0.4, 0.5) is 0 Å². The molecule has 0 spiro atoms. The zero-order valence-electron chi connectivity index (χ0n) is 8.46. The number of hydrogen-bond acceptors (Lipinski definition) is 5. The number of nitrogens with zero attached hydrogens (tertiary/aromatic N) is 3. The molecule has 0 aromatic carbocycles. The van der Waals surface area contributed by atoms with Crippen molar-refractivity contribution < 1.29 is 0 Å². The molecule has 14 heavy (non-hydrogen) atoms. The van der Waals surface area contributed by atoms with Crippen LogP contribution in [0, 0.1) is 0 Å². The highest BCUT2D eigenvalue weighted by molar-refractivity contribution is 7.10. The summed E-state index contributed by atoms with van der Waals surface area (Å²) >= 11 is 7.14. The van der Waals surface area contributed by atoms with E-state index in [2.05, 4.69) is 26.9 Å². The van der Waals surface area contributed by atoms with Crippen LogP contribution in [0.5, 0.6) is 0 Å². The van der Waals surface area contributed by atoms with Crippen LogP contribution in [0.1, 0.15) is 12.1 Å². The van der Waals surface area contributed by atoms with Gasteiger partial charge < -0.3 is 10.2 Å². The Labute approximate surface area is 93.4 Å². The molecule has 0 saturated heterocycles. The first-order chi connectivity index (χ1) is 6.74. The Morgan fingerprint density at radius 3 is 2.93 bits per heavy atom. The van der Waals surface area contributed by atoms with Crippen molar-refractivity contribution in [3.05, 3.63) is 10.0 Å². The van der Waals surface area contributed by atoms with Gasteiger partial charge >= 0.3 is 0 Å². The SMILES string of the molecule is CNCCCN(C)Cc1nnsc1Cl. The van der Waals surface area contributed by atoms with Crippen LogP contribution in [0.2, 0.25) is 4.34 Å². The molecule has 0 radical (unpaired) electrons. The summed E-state index contributed by atoms with van der Waals surface area (Å²) in [5.41, 5.74) is 0.878. The van der Waals surface area contributed by atoms with Crippen LogP contribution in [-0.4, -0.2) is 41.7 Å². The Balaban J connectivity index is 2.27. The fourth-order valence-electron chi connectivity index (χ4n) is 1.15. The molecule has 0 atom stereocenters. The molecular formula is C8H15ClN4S. The van der Waals surface area contributed by atoms with E-state index >= 15 is 0 Å². The zero-order chi connectivity index (χ0) is 10.4. The molecule has 0 aliphatic rings. The highest BCUT2D eigenvalue weighted by Crippen LogP contribution is 2.18. The lowest BCUT2D eigenvalue weighted by Crippen LogP contribution is -2.22. The van der Waals surface area contributed by atoms with Crippen molar-refractivity contribution in [2.24, 2.45) is 0 Å². The largest absolute Gasteiger partial charge is 0.320 e. The van der Waals surface area contributed by atoms with Crippen LogP contribution < -0.4 is 5.32 Å². The van der Waals surface area contributed by atoms with Gasteiger partial charge in [0.05, 0.1) is 0 Å². The summed E-state index contributed by atoms with van der Waals surface area (Å²) in [4.78, 5) is 2.19. The van der Waals surface area contributed by atoms with Gasteiger partial charge in [-0.1, -0.05) is 16.1 Å². The zero-order valence-corrected chi connectivity index (χ0v) is 10.0. The van der Waals surface area contributed by atoms with E-state index in [4.69, 9.17) is 11.6 Å². The number of aromatic nitrogens is 2. The molecule has 1 heterocycles. The van der Waals surface area contributed by atoms with Crippen molar-refractivity contribution in [1.82, 2.24) is 19.8 Å². The van der Waals surface area contributed by atoms with Gasteiger partial charge in [0.1, 0.15) is 10.0 Å². The van der Waals surface area contributed by atoms with E-state index in [-0.39, 0.29) is 0 Å². The minimum absolute atomic E-state index is 0.700. The third kappa shape index (κ3) is 3.88. The average molecular weight is 235 g/mol. The molecule has 1 rings (SSSR count). The average Bonchev–Trinajstić information content (AvgIpc) is 2.52. The van der Waals surface area contributed by atoms with Gasteiger partial charge in [0.15, 0.2) is 0 Å². The van der Waals surface area contributed by atoms with Crippen molar-refractivity contribution >= 4 is 23.1 Å². The van der Waals surface area contributed by atoms with Gasteiger partial charge in [-0.25, -0.2) is 0 Å². The van der Waals surface area contributed by atoms with E-state index < -0.39 is 0 Å². The molecule has 0 aliphatic heterocycles. The van der Waals surface area contributed by atoms with E-state index in [1.807, 2.05) is 7.05 Å². The maximum Gasteiger partial charge on any atom is 0.138 e. The molecule has 0 unspecified atom stereocenters. The van der Waals surface area contributed by atoms with Crippen LogP contribution in [0.15, 0.2) is 0 Å².